The van der Waals surface area contributed by atoms with E-state index in [1.54, 1.807) is 12.1 Å². The van der Waals surface area contributed by atoms with Gasteiger partial charge in [0.25, 0.3) is 0 Å². The molecule has 0 aliphatic carbocycles. The molecule has 1 N–H and O–H groups in total. The molecular formula is C33H32F3NO3. The van der Waals surface area contributed by atoms with E-state index in [0.717, 1.165) is 77.2 Å². The molecule has 0 fully saturated rings. The minimum atomic E-state index is -4.34. The summed E-state index contributed by atoms with van der Waals surface area (Å²) in [6, 6.07) is 26.5. The maximum absolute atomic E-state index is 12.9. The summed E-state index contributed by atoms with van der Waals surface area (Å²) >= 11 is 0. The second-order valence-electron chi connectivity index (χ2n) is 9.55. The average Bonchev–Trinajstić information content (AvgIpc) is 2.96. The van der Waals surface area contributed by atoms with Gasteiger partial charge in [-0.2, -0.15) is 13.2 Å². The summed E-state index contributed by atoms with van der Waals surface area (Å²) in [6.45, 7) is 3.97. The van der Waals surface area contributed by atoms with Crippen molar-refractivity contribution in [3.63, 3.8) is 0 Å². The van der Waals surface area contributed by atoms with Gasteiger partial charge in [-0.1, -0.05) is 60.7 Å². The maximum atomic E-state index is 12.9. The molecule has 0 bridgehead atoms. The summed E-state index contributed by atoms with van der Waals surface area (Å²) in [7, 11) is 1.37. The lowest BCUT2D eigenvalue weighted by Crippen LogP contribution is -2.20. The zero-order valence-electron chi connectivity index (χ0n) is 22.6. The highest BCUT2D eigenvalue weighted by molar-refractivity contribution is 5.89. The molecule has 4 aromatic carbocycles. The van der Waals surface area contributed by atoms with Crippen LogP contribution in [0.5, 0.6) is 5.75 Å². The van der Waals surface area contributed by atoms with Crippen molar-refractivity contribution in [1.29, 1.82) is 0 Å². The van der Waals surface area contributed by atoms with E-state index in [0.29, 0.717) is 12.2 Å². The van der Waals surface area contributed by atoms with Gasteiger partial charge in [0.05, 0.1) is 18.2 Å². The van der Waals surface area contributed by atoms with Crippen LogP contribution in [-0.2, 0) is 30.4 Å². The molecule has 40 heavy (non-hydrogen) atoms. The molecular weight excluding hydrogens is 515 g/mol. The first-order chi connectivity index (χ1) is 19.2. The van der Waals surface area contributed by atoms with Gasteiger partial charge < -0.3 is 14.8 Å². The van der Waals surface area contributed by atoms with Crippen LogP contribution in [0.25, 0.3) is 11.1 Å². The number of hydrogen-bond acceptors (Lipinski definition) is 4. The summed E-state index contributed by atoms with van der Waals surface area (Å²) in [5, 5.41) is 3.46. The Labute approximate surface area is 232 Å². The second-order valence-corrected chi connectivity index (χ2v) is 9.55. The van der Waals surface area contributed by atoms with Crippen molar-refractivity contribution in [2.45, 2.75) is 32.5 Å². The number of esters is 1. The lowest BCUT2D eigenvalue weighted by atomic mass is 9.99. The number of rotatable bonds is 11. The smallest absolute Gasteiger partial charge is 0.416 e. The Hall–Kier alpha value is -4.10. The number of nitrogens with one attached hydrogen (secondary N) is 1. The van der Waals surface area contributed by atoms with E-state index in [1.807, 2.05) is 55.5 Å². The van der Waals surface area contributed by atoms with Crippen molar-refractivity contribution in [2.75, 3.05) is 20.2 Å². The number of ether oxygens (including phenoxy) is 2. The topological polar surface area (TPSA) is 47.6 Å². The molecule has 4 nitrogen and oxygen atoms in total. The molecule has 7 heteroatoms. The SMILES string of the molecule is COC(=O)c1ccc(CCNCCc2ccccc2OCc2ccc(-c3ccc(C(F)(F)F)cc3)cc2C)cc1. The van der Waals surface area contributed by atoms with Gasteiger partial charge in [0.2, 0.25) is 0 Å². The van der Waals surface area contributed by atoms with Crippen LogP contribution in [0.15, 0.2) is 91.0 Å². The van der Waals surface area contributed by atoms with Gasteiger partial charge in [0.1, 0.15) is 12.4 Å². The highest BCUT2D eigenvalue weighted by Crippen LogP contribution is 2.31. The third-order valence-corrected chi connectivity index (χ3v) is 6.78. The van der Waals surface area contributed by atoms with Gasteiger partial charge in [0, 0.05) is 0 Å². The molecule has 0 saturated heterocycles. The number of halogens is 3. The highest BCUT2D eigenvalue weighted by Gasteiger charge is 2.30. The number of alkyl halides is 3. The van der Waals surface area contributed by atoms with E-state index in [9.17, 15) is 18.0 Å². The van der Waals surface area contributed by atoms with Crippen molar-refractivity contribution in [3.05, 3.63) is 124 Å². The number of para-hydroxylation sites is 1. The minimum Gasteiger partial charge on any atom is -0.489 e. The lowest BCUT2D eigenvalue weighted by molar-refractivity contribution is -0.137. The molecule has 4 aromatic rings. The van der Waals surface area contributed by atoms with Gasteiger partial charge in [-0.25, -0.2) is 4.79 Å². The van der Waals surface area contributed by atoms with Gasteiger partial charge >= 0.3 is 12.1 Å². The lowest BCUT2D eigenvalue weighted by Gasteiger charge is -2.14. The molecule has 208 valence electrons. The van der Waals surface area contributed by atoms with Gasteiger partial charge in [-0.3, -0.25) is 0 Å². The largest absolute Gasteiger partial charge is 0.489 e. The minimum absolute atomic E-state index is 0.337. The van der Waals surface area contributed by atoms with Crippen LogP contribution in [0.4, 0.5) is 13.2 Å². The predicted molar refractivity (Wildman–Crippen MR) is 150 cm³/mol. The van der Waals surface area contributed by atoms with E-state index in [4.69, 9.17) is 9.47 Å². The predicted octanol–water partition coefficient (Wildman–Crippen LogP) is 7.42. The van der Waals surface area contributed by atoms with Crippen molar-refractivity contribution < 1.29 is 27.4 Å². The normalized spacial score (nSPS) is 11.3. The first-order valence-corrected chi connectivity index (χ1v) is 13.1. The molecule has 0 heterocycles. The van der Waals surface area contributed by atoms with E-state index in [1.165, 1.54) is 19.2 Å². The summed E-state index contributed by atoms with van der Waals surface area (Å²) in [4.78, 5) is 11.6. The molecule has 0 aliphatic rings. The molecule has 0 aliphatic heterocycles. The molecule has 0 spiro atoms. The number of hydrogen-bond donors (Lipinski definition) is 1. The second kappa shape index (κ2) is 13.3. The number of methoxy groups -OCH3 is 1. The number of carbonyl (C=O) groups is 1. The number of benzene rings is 4. The van der Waals surface area contributed by atoms with E-state index in [2.05, 4.69) is 11.4 Å². The Morgan fingerprint density at radius 1 is 0.800 bits per heavy atom. The summed E-state index contributed by atoms with van der Waals surface area (Å²) in [5.74, 6) is 0.491. The average molecular weight is 548 g/mol. The Kier molecular flexibility index (Phi) is 9.61. The fraction of sp³-hybridized carbons (Fsp3) is 0.242. The Balaban J connectivity index is 1.28. The van der Waals surface area contributed by atoms with Crippen LogP contribution in [-0.4, -0.2) is 26.2 Å². The van der Waals surface area contributed by atoms with Crippen molar-refractivity contribution in [1.82, 2.24) is 5.32 Å². The van der Waals surface area contributed by atoms with E-state index >= 15 is 0 Å². The molecule has 0 unspecified atom stereocenters. The number of aryl methyl sites for hydroxylation is 1. The fourth-order valence-electron chi connectivity index (χ4n) is 4.40. The van der Waals surface area contributed by atoms with E-state index in [-0.39, 0.29) is 5.97 Å². The standard InChI is InChI=1S/C33H32F3NO3/c1-23-21-28(25-13-15-30(16-14-25)33(34,35)36)11-12-29(23)22-40-31-6-4-3-5-26(31)18-20-37-19-17-24-7-9-27(10-8-24)32(38)39-2/h3-16,21,37H,17-20,22H2,1-2H3. The Bertz CT molecular complexity index is 1410. The number of carbonyl (C=O) groups excluding carboxylic acids is 1. The van der Waals surface area contributed by atoms with Crippen LogP contribution in [0, 0.1) is 6.92 Å². The molecule has 0 radical (unpaired) electrons. The zero-order valence-corrected chi connectivity index (χ0v) is 22.6. The van der Waals surface area contributed by atoms with Gasteiger partial charge in [0.15, 0.2) is 0 Å². The van der Waals surface area contributed by atoms with Crippen LogP contribution in [0.1, 0.15) is 38.2 Å². The molecule has 0 atom stereocenters. The summed E-state index contributed by atoms with van der Waals surface area (Å²) < 4.78 is 49.5. The molecule has 0 aromatic heterocycles. The molecule has 0 saturated carbocycles. The van der Waals surface area contributed by atoms with Crippen molar-refractivity contribution in [3.8, 4) is 16.9 Å². The Morgan fingerprint density at radius 3 is 2.15 bits per heavy atom. The van der Waals surface area contributed by atoms with Gasteiger partial charge in [-0.15, -0.1) is 0 Å². The highest BCUT2D eigenvalue weighted by atomic mass is 19.4. The summed E-state index contributed by atoms with van der Waals surface area (Å²) in [5.41, 5.74) is 5.76. The van der Waals surface area contributed by atoms with Crippen molar-refractivity contribution >= 4 is 5.97 Å². The quantitative estimate of drug-likeness (QED) is 0.157. The summed E-state index contributed by atoms with van der Waals surface area (Å²) in [6.07, 6.45) is -2.69. The first kappa shape index (κ1) is 28.9. The molecule has 0 amide bonds. The Morgan fingerprint density at radius 2 is 1.48 bits per heavy atom. The third-order valence-electron chi connectivity index (χ3n) is 6.78. The van der Waals surface area contributed by atoms with Crippen LogP contribution in [0.2, 0.25) is 0 Å². The molecule has 4 rings (SSSR count). The maximum Gasteiger partial charge on any atom is 0.416 e. The third kappa shape index (κ3) is 7.73. The van der Waals surface area contributed by atoms with Gasteiger partial charge in [-0.05, 0) is 96.6 Å². The van der Waals surface area contributed by atoms with E-state index < -0.39 is 11.7 Å². The van der Waals surface area contributed by atoms with Crippen LogP contribution < -0.4 is 10.1 Å². The first-order valence-electron chi connectivity index (χ1n) is 13.1. The fourth-order valence-corrected chi connectivity index (χ4v) is 4.40. The van der Waals surface area contributed by atoms with Crippen molar-refractivity contribution in [2.24, 2.45) is 0 Å². The monoisotopic (exact) mass is 547 g/mol. The van der Waals surface area contributed by atoms with Crippen LogP contribution >= 0.6 is 0 Å². The van der Waals surface area contributed by atoms with Crippen LogP contribution in [0.3, 0.4) is 0 Å². The zero-order chi connectivity index (χ0) is 28.5.